The van der Waals surface area contributed by atoms with Gasteiger partial charge in [0.25, 0.3) is 0 Å². The van der Waals surface area contributed by atoms with Crippen LogP contribution in [0.2, 0.25) is 0 Å². The fraction of sp³-hybridized carbons (Fsp3) is 0.587. The first-order chi connectivity index (χ1) is 34.0. The van der Waals surface area contributed by atoms with Gasteiger partial charge in [-0.15, -0.1) is 0 Å². The number of amides is 8. The summed E-state index contributed by atoms with van der Waals surface area (Å²) in [5.41, 5.74) is 12.6. The van der Waals surface area contributed by atoms with Crippen LogP contribution in [0.4, 0.5) is 0 Å². The van der Waals surface area contributed by atoms with Gasteiger partial charge in [-0.3, -0.25) is 47.9 Å². The summed E-state index contributed by atoms with van der Waals surface area (Å²) in [7, 11) is 0. The minimum atomic E-state index is -1.73. The number of aliphatic carboxylic acids is 3. The van der Waals surface area contributed by atoms with E-state index in [0.717, 1.165) is 0 Å². The second-order valence-corrected chi connectivity index (χ2v) is 18.0. The van der Waals surface area contributed by atoms with Crippen LogP contribution in [0.1, 0.15) is 91.0 Å². The lowest BCUT2D eigenvalue weighted by molar-refractivity contribution is -0.144. The van der Waals surface area contributed by atoms with Crippen molar-refractivity contribution < 1.29 is 73.2 Å². The highest BCUT2D eigenvalue weighted by molar-refractivity contribution is 5.99. The number of likely N-dealkylation sites (tertiary alicyclic amines) is 1. The number of unbranched alkanes of at least 4 members (excludes halogenated alkanes) is 1. The average molecular weight is 1020 g/mol. The monoisotopic (exact) mass is 1020 g/mol. The highest BCUT2D eigenvalue weighted by Crippen LogP contribution is 2.23. The van der Waals surface area contributed by atoms with Crippen LogP contribution < -0.4 is 48.7 Å². The predicted octanol–water partition coefficient (Wildman–Crippen LogP) is -2.95. The lowest BCUT2D eigenvalue weighted by atomic mass is 10.0. The Kier molecular flexibility index (Phi) is 23.5. The molecule has 1 aromatic heterocycles. The number of aromatic nitrogens is 1. The molecule has 16 N–H and O–H groups in total. The molecular formula is C46H69N11O15. The van der Waals surface area contributed by atoms with Gasteiger partial charge >= 0.3 is 17.9 Å². The Balaban J connectivity index is 1.86. The number of para-hydroxylation sites is 1. The zero-order valence-electron chi connectivity index (χ0n) is 40.7. The topological polar surface area (TPSA) is 424 Å². The molecule has 2 heterocycles. The summed E-state index contributed by atoms with van der Waals surface area (Å²) in [5.74, 6) is -11.4. The summed E-state index contributed by atoms with van der Waals surface area (Å²) in [4.78, 5) is 147. The van der Waals surface area contributed by atoms with Gasteiger partial charge in [0.2, 0.25) is 47.3 Å². The highest BCUT2D eigenvalue weighted by Gasteiger charge is 2.41. The minimum absolute atomic E-state index is 0.0381. The van der Waals surface area contributed by atoms with Crippen LogP contribution in [0.5, 0.6) is 0 Å². The van der Waals surface area contributed by atoms with E-state index in [2.05, 4.69) is 42.2 Å². The largest absolute Gasteiger partial charge is 0.481 e. The Morgan fingerprint density at radius 3 is 1.83 bits per heavy atom. The lowest BCUT2D eigenvalue weighted by Crippen LogP contribution is -2.61. The van der Waals surface area contributed by atoms with E-state index in [9.17, 15) is 63.0 Å². The highest BCUT2D eigenvalue weighted by atomic mass is 16.4. The molecule has 398 valence electrons. The maximum absolute atomic E-state index is 14.4. The third-order valence-electron chi connectivity index (χ3n) is 11.9. The number of carbonyl (C=O) groups excluding carboxylic acids is 8. The van der Waals surface area contributed by atoms with Gasteiger partial charge in [0.1, 0.15) is 48.3 Å². The molecule has 0 spiro atoms. The van der Waals surface area contributed by atoms with Gasteiger partial charge in [0, 0.05) is 42.9 Å². The number of aliphatic hydroxyl groups is 1. The number of nitrogens with two attached hydrogens (primary N) is 2. The summed E-state index contributed by atoms with van der Waals surface area (Å²) in [6.07, 6.45) is 0.792. The zero-order valence-corrected chi connectivity index (χ0v) is 40.7. The number of aromatic amines is 1. The molecule has 0 saturated carbocycles. The molecule has 1 aliphatic rings. The van der Waals surface area contributed by atoms with Crippen molar-refractivity contribution in [1.82, 2.24) is 47.1 Å². The molecule has 0 radical (unpaired) electrons. The molecule has 8 amide bonds. The SMILES string of the molecule is CC(C)[C@H](NC(=O)[C@H](C)NC(=O)[C@H](CCC(=O)O)NC(=O)[C@H](C)N)C(=O)N1CCC[C@H]1C(=O)N[C@@H](Cc1c[nH]c2ccccc12)C(=O)N[C@@H](CCCCN)C(=O)N[C@@H](CO)C(=O)N[C@@H](CCC(=O)O)C(=O)O. The number of carboxylic acids is 3. The predicted molar refractivity (Wildman–Crippen MR) is 256 cm³/mol. The Hall–Kier alpha value is -7.19. The van der Waals surface area contributed by atoms with Gasteiger partial charge in [-0.05, 0) is 82.9 Å². The van der Waals surface area contributed by atoms with Gasteiger partial charge in [-0.2, -0.15) is 0 Å². The van der Waals surface area contributed by atoms with E-state index < -0.39 is 151 Å². The fourth-order valence-electron chi connectivity index (χ4n) is 7.79. The molecule has 26 nitrogen and oxygen atoms in total. The molecule has 1 fully saturated rings. The van der Waals surface area contributed by atoms with E-state index in [-0.39, 0.29) is 45.2 Å². The molecule has 26 heteroatoms. The Morgan fingerprint density at radius 2 is 1.24 bits per heavy atom. The number of hydrogen-bond donors (Lipinski definition) is 14. The minimum Gasteiger partial charge on any atom is -0.481 e. The Labute approximate surface area is 414 Å². The van der Waals surface area contributed by atoms with Gasteiger partial charge < -0.3 is 79.0 Å². The smallest absolute Gasteiger partial charge is 0.326 e. The molecule has 1 aliphatic heterocycles. The van der Waals surface area contributed by atoms with Crippen LogP contribution in [0.15, 0.2) is 30.5 Å². The van der Waals surface area contributed by atoms with E-state index in [0.29, 0.717) is 29.3 Å². The van der Waals surface area contributed by atoms with Crippen LogP contribution in [0.25, 0.3) is 10.9 Å². The molecule has 72 heavy (non-hydrogen) atoms. The summed E-state index contributed by atoms with van der Waals surface area (Å²) in [6.45, 7) is 5.27. The van der Waals surface area contributed by atoms with Crippen molar-refractivity contribution in [2.75, 3.05) is 19.7 Å². The first kappa shape index (κ1) is 59.1. The normalized spacial score (nSPS) is 16.7. The number of rotatable bonds is 30. The molecule has 0 unspecified atom stereocenters. The van der Waals surface area contributed by atoms with Crippen LogP contribution >= 0.6 is 0 Å². The third kappa shape index (κ3) is 17.9. The molecule has 1 saturated heterocycles. The molecule has 1 aromatic carbocycles. The summed E-state index contributed by atoms with van der Waals surface area (Å²) in [6, 6.07) is -5.08. The number of carbonyl (C=O) groups is 11. The van der Waals surface area contributed by atoms with E-state index in [1.54, 1.807) is 44.3 Å². The second kappa shape index (κ2) is 28.6. The van der Waals surface area contributed by atoms with Crippen molar-refractivity contribution in [3.05, 3.63) is 36.0 Å². The maximum Gasteiger partial charge on any atom is 0.326 e. The van der Waals surface area contributed by atoms with Crippen molar-refractivity contribution in [1.29, 1.82) is 0 Å². The van der Waals surface area contributed by atoms with E-state index in [4.69, 9.17) is 21.7 Å². The first-order valence-corrected chi connectivity index (χ1v) is 23.7. The van der Waals surface area contributed by atoms with Gasteiger partial charge in [-0.25, -0.2) is 4.79 Å². The first-order valence-electron chi connectivity index (χ1n) is 23.7. The third-order valence-corrected chi connectivity index (χ3v) is 11.9. The molecule has 3 rings (SSSR count). The number of hydrogen-bond acceptors (Lipinski definition) is 14. The van der Waals surface area contributed by atoms with Crippen LogP contribution in [-0.2, 0) is 59.2 Å². The number of H-pyrrole nitrogens is 1. The standard InChI is InChI=1S/C46H69N11O15/c1-23(2)37(56-39(64)25(4)50-40(65)30(14-16-35(59)60)51-38(63)24(3)48)45(70)57-19-9-13-34(57)44(69)54-32(20-26-21-49-28-11-6-5-10-27(26)28)42(67)52-29(12-7-8-18-47)41(66)55-33(22-58)43(68)53-31(46(71)72)15-17-36(61)62/h5-6,10-11,21,23-25,29-34,37,49,58H,7-9,12-20,22,47-48H2,1-4H3,(H,50,65)(H,51,63)(H,52,67)(H,53,68)(H,54,69)(H,55,66)(H,56,64)(H,59,60)(H,61,62)(H,71,72)/t24-,25-,29-,30-,31-,32-,33-,34-,37-/m0/s1. The van der Waals surface area contributed by atoms with Gasteiger partial charge in [0.05, 0.1) is 12.6 Å². The zero-order chi connectivity index (χ0) is 53.8. The molecule has 0 bridgehead atoms. The molecule has 2 aromatic rings. The molecular weight excluding hydrogens is 947 g/mol. The maximum atomic E-state index is 14.4. The summed E-state index contributed by atoms with van der Waals surface area (Å²) in [5, 5.41) is 55.7. The number of nitrogens with zero attached hydrogens (tertiary/aromatic N) is 1. The molecule has 0 aliphatic carbocycles. The Bertz CT molecular complexity index is 2270. The number of nitrogens with one attached hydrogen (secondary N) is 8. The lowest BCUT2D eigenvalue weighted by Gasteiger charge is -2.32. The van der Waals surface area contributed by atoms with Gasteiger partial charge in [-0.1, -0.05) is 32.0 Å². The van der Waals surface area contributed by atoms with E-state index in [1.807, 2.05) is 0 Å². The fourth-order valence-corrected chi connectivity index (χ4v) is 7.79. The van der Waals surface area contributed by atoms with E-state index in [1.165, 1.54) is 18.7 Å². The number of aliphatic hydroxyl groups excluding tert-OH is 1. The average Bonchev–Trinajstić information content (AvgIpc) is 3.99. The number of fused-ring (bicyclic) bond motifs is 1. The quantitative estimate of drug-likeness (QED) is 0.0348. The van der Waals surface area contributed by atoms with Crippen molar-refractivity contribution in [3.8, 4) is 0 Å². The van der Waals surface area contributed by atoms with Crippen molar-refractivity contribution in [3.63, 3.8) is 0 Å². The van der Waals surface area contributed by atoms with Crippen LogP contribution in [-0.4, -0.2) is 170 Å². The number of benzene rings is 1. The van der Waals surface area contributed by atoms with Crippen LogP contribution in [0, 0.1) is 5.92 Å². The molecule has 9 atom stereocenters. The van der Waals surface area contributed by atoms with Crippen molar-refractivity contribution >= 4 is 76.1 Å². The van der Waals surface area contributed by atoms with Gasteiger partial charge in [0.15, 0.2) is 0 Å². The van der Waals surface area contributed by atoms with Crippen LogP contribution in [0.3, 0.4) is 0 Å². The van der Waals surface area contributed by atoms with Crippen molar-refractivity contribution in [2.24, 2.45) is 17.4 Å². The van der Waals surface area contributed by atoms with E-state index >= 15 is 0 Å². The summed E-state index contributed by atoms with van der Waals surface area (Å²) < 4.78 is 0. The Morgan fingerprint density at radius 1 is 0.681 bits per heavy atom. The second-order valence-electron chi connectivity index (χ2n) is 18.0. The van der Waals surface area contributed by atoms with Crippen molar-refractivity contribution in [2.45, 2.75) is 146 Å². The number of carboxylic acid groups (broad SMARTS) is 3. The summed E-state index contributed by atoms with van der Waals surface area (Å²) >= 11 is 0.